The SMILES string of the molecule is Cc1ccc(C)c(C(=O)Nc2ccc3c(c2)NC(=O)[C@H](C)O3)c1. The fraction of sp³-hybridized carbons (Fsp3) is 0.222. The maximum Gasteiger partial charge on any atom is 0.265 e. The minimum absolute atomic E-state index is 0.178. The van der Waals surface area contributed by atoms with Gasteiger partial charge in [0, 0.05) is 11.3 Å². The molecule has 2 aromatic rings. The van der Waals surface area contributed by atoms with Gasteiger partial charge in [-0.3, -0.25) is 9.59 Å². The van der Waals surface area contributed by atoms with Crippen LogP contribution in [0.1, 0.15) is 28.4 Å². The van der Waals surface area contributed by atoms with Crippen LogP contribution in [-0.2, 0) is 4.79 Å². The summed E-state index contributed by atoms with van der Waals surface area (Å²) in [7, 11) is 0. The van der Waals surface area contributed by atoms with E-state index in [0.717, 1.165) is 11.1 Å². The molecule has 0 aromatic heterocycles. The van der Waals surface area contributed by atoms with Gasteiger partial charge in [-0.15, -0.1) is 0 Å². The predicted molar refractivity (Wildman–Crippen MR) is 89.0 cm³/mol. The number of anilines is 2. The van der Waals surface area contributed by atoms with Gasteiger partial charge in [-0.1, -0.05) is 17.7 Å². The predicted octanol–water partition coefficient (Wildman–Crippen LogP) is 3.28. The van der Waals surface area contributed by atoms with E-state index >= 15 is 0 Å². The lowest BCUT2D eigenvalue weighted by molar-refractivity contribution is -0.122. The van der Waals surface area contributed by atoms with Crippen molar-refractivity contribution in [2.24, 2.45) is 0 Å². The zero-order valence-electron chi connectivity index (χ0n) is 13.3. The van der Waals surface area contributed by atoms with Crippen LogP contribution in [-0.4, -0.2) is 17.9 Å². The van der Waals surface area contributed by atoms with Gasteiger partial charge in [0.25, 0.3) is 11.8 Å². The fourth-order valence-electron chi connectivity index (χ4n) is 2.47. The molecule has 0 fully saturated rings. The third kappa shape index (κ3) is 3.04. The second-order valence-corrected chi connectivity index (χ2v) is 5.73. The summed E-state index contributed by atoms with van der Waals surface area (Å²) in [5.41, 5.74) is 3.74. The number of carbonyl (C=O) groups is 2. The van der Waals surface area contributed by atoms with E-state index in [9.17, 15) is 9.59 Å². The largest absolute Gasteiger partial charge is 0.479 e. The summed E-state index contributed by atoms with van der Waals surface area (Å²) in [5, 5.41) is 5.62. The number of carbonyl (C=O) groups excluding carboxylic acids is 2. The van der Waals surface area contributed by atoms with Crippen molar-refractivity contribution < 1.29 is 14.3 Å². The number of hydrogen-bond acceptors (Lipinski definition) is 3. The van der Waals surface area contributed by atoms with E-state index in [1.54, 1.807) is 25.1 Å². The van der Waals surface area contributed by atoms with E-state index in [1.807, 2.05) is 32.0 Å². The van der Waals surface area contributed by atoms with E-state index in [4.69, 9.17) is 4.74 Å². The van der Waals surface area contributed by atoms with Crippen molar-refractivity contribution in [1.29, 1.82) is 0 Å². The Morgan fingerprint density at radius 2 is 1.96 bits per heavy atom. The second kappa shape index (κ2) is 5.76. The molecule has 5 nitrogen and oxygen atoms in total. The van der Waals surface area contributed by atoms with E-state index in [-0.39, 0.29) is 11.8 Å². The van der Waals surface area contributed by atoms with Crippen LogP contribution in [0.25, 0.3) is 0 Å². The smallest absolute Gasteiger partial charge is 0.265 e. The van der Waals surface area contributed by atoms with Crippen LogP contribution in [0.2, 0.25) is 0 Å². The molecule has 5 heteroatoms. The van der Waals surface area contributed by atoms with Gasteiger partial charge in [0.15, 0.2) is 6.10 Å². The molecule has 0 unspecified atom stereocenters. The fourth-order valence-corrected chi connectivity index (χ4v) is 2.47. The highest BCUT2D eigenvalue weighted by Crippen LogP contribution is 2.32. The Balaban J connectivity index is 1.84. The van der Waals surface area contributed by atoms with E-state index < -0.39 is 6.10 Å². The number of rotatable bonds is 2. The molecule has 0 bridgehead atoms. The van der Waals surface area contributed by atoms with Crippen LogP contribution < -0.4 is 15.4 Å². The Bertz CT molecular complexity index is 799. The average molecular weight is 310 g/mol. The summed E-state index contributed by atoms with van der Waals surface area (Å²) in [6.45, 7) is 5.54. The maximum atomic E-state index is 12.4. The molecule has 1 aliphatic heterocycles. The van der Waals surface area contributed by atoms with Gasteiger partial charge < -0.3 is 15.4 Å². The number of aryl methyl sites for hydroxylation is 2. The van der Waals surface area contributed by atoms with Gasteiger partial charge in [-0.25, -0.2) is 0 Å². The number of amides is 2. The van der Waals surface area contributed by atoms with Crippen molar-refractivity contribution in [3.05, 3.63) is 53.1 Å². The number of nitrogens with one attached hydrogen (secondary N) is 2. The standard InChI is InChI=1S/C18H18N2O3/c1-10-4-5-11(2)14(8-10)18(22)19-13-6-7-16-15(9-13)20-17(21)12(3)23-16/h4-9,12H,1-3H3,(H,19,22)(H,20,21)/t12-/m0/s1. The van der Waals surface area contributed by atoms with Gasteiger partial charge >= 0.3 is 0 Å². The molecule has 1 atom stereocenters. The molecule has 1 aliphatic rings. The first-order valence-electron chi connectivity index (χ1n) is 7.44. The van der Waals surface area contributed by atoms with Gasteiger partial charge in [-0.2, -0.15) is 0 Å². The lowest BCUT2D eigenvalue weighted by Gasteiger charge is -2.23. The van der Waals surface area contributed by atoms with E-state index in [2.05, 4.69) is 10.6 Å². The topological polar surface area (TPSA) is 67.4 Å². The molecule has 0 radical (unpaired) electrons. The number of hydrogen-bond donors (Lipinski definition) is 2. The number of ether oxygens (including phenoxy) is 1. The van der Waals surface area contributed by atoms with Crippen LogP contribution >= 0.6 is 0 Å². The highest BCUT2D eigenvalue weighted by molar-refractivity contribution is 6.06. The average Bonchev–Trinajstić information content (AvgIpc) is 2.51. The van der Waals surface area contributed by atoms with Crippen LogP contribution in [0.3, 0.4) is 0 Å². The van der Waals surface area contributed by atoms with Crippen molar-refractivity contribution in [1.82, 2.24) is 0 Å². The van der Waals surface area contributed by atoms with Gasteiger partial charge in [-0.05, 0) is 50.6 Å². The molecule has 3 rings (SSSR count). The first-order chi connectivity index (χ1) is 10.9. The molecule has 0 saturated heterocycles. The highest BCUT2D eigenvalue weighted by Gasteiger charge is 2.23. The van der Waals surface area contributed by atoms with Crippen molar-refractivity contribution in [2.75, 3.05) is 10.6 Å². The Hall–Kier alpha value is -2.82. The first kappa shape index (κ1) is 15.1. The van der Waals surface area contributed by atoms with Crippen LogP contribution in [0.15, 0.2) is 36.4 Å². The maximum absolute atomic E-state index is 12.4. The van der Waals surface area contributed by atoms with Crippen molar-refractivity contribution in [3.8, 4) is 5.75 Å². The third-order valence-corrected chi connectivity index (χ3v) is 3.81. The molecule has 0 saturated carbocycles. The second-order valence-electron chi connectivity index (χ2n) is 5.73. The van der Waals surface area contributed by atoms with Crippen LogP contribution in [0.4, 0.5) is 11.4 Å². The van der Waals surface area contributed by atoms with Gasteiger partial charge in [0.2, 0.25) is 0 Å². The quantitative estimate of drug-likeness (QED) is 0.894. The highest BCUT2D eigenvalue weighted by atomic mass is 16.5. The zero-order chi connectivity index (χ0) is 16.6. The number of benzene rings is 2. The molecular formula is C18H18N2O3. The van der Waals surface area contributed by atoms with Crippen molar-refractivity contribution in [3.63, 3.8) is 0 Å². The summed E-state index contributed by atoms with van der Waals surface area (Å²) in [4.78, 5) is 24.1. The third-order valence-electron chi connectivity index (χ3n) is 3.81. The van der Waals surface area contributed by atoms with Crippen LogP contribution in [0.5, 0.6) is 5.75 Å². The molecule has 1 heterocycles. The van der Waals surface area contributed by atoms with Gasteiger partial charge in [0.05, 0.1) is 5.69 Å². The molecule has 0 spiro atoms. The summed E-state index contributed by atoms with van der Waals surface area (Å²) >= 11 is 0. The number of fused-ring (bicyclic) bond motifs is 1. The van der Waals surface area contributed by atoms with E-state index in [1.165, 1.54) is 0 Å². The summed E-state index contributed by atoms with van der Waals surface area (Å²) in [6.07, 6.45) is -0.516. The Labute approximate surface area is 134 Å². The van der Waals surface area contributed by atoms with Crippen molar-refractivity contribution >= 4 is 23.2 Å². The van der Waals surface area contributed by atoms with Gasteiger partial charge in [0.1, 0.15) is 5.75 Å². The van der Waals surface area contributed by atoms with E-state index in [0.29, 0.717) is 22.7 Å². The summed E-state index contributed by atoms with van der Waals surface area (Å²) in [6, 6.07) is 10.9. The molecule has 0 aliphatic carbocycles. The molecule has 2 aromatic carbocycles. The minimum atomic E-state index is -0.516. The molecule has 2 N–H and O–H groups in total. The zero-order valence-corrected chi connectivity index (χ0v) is 13.3. The monoisotopic (exact) mass is 310 g/mol. The van der Waals surface area contributed by atoms with Crippen molar-refractivity contribution in [2.45, 2.75) is 26.9 Å². The first-order valence-corrected chi connectivity index (χ1v) is 7.44. The Morgan fingerprint density at radius 3 is 2.74 bits per heavy atom. The van der Waals surface area contributed by atoms with Crippen LogP contribution in [0, 0.1) is 13.8 Å². The molecule has 2 amide bonds. The molecular weight excluding hydrogens is 292 g/mol. The minimum Gasteiger partial charge on any atom is -0.479 e. The molecule has 118 valence electrons. The Morgan fingerprint density at radius 1 is 1.17 bits per heavy atom. The lowest BCUT2D eigenvalue weighted by atomic mass is 10.0. The Kier molecular flexibility index (Phi) is 3.78. The summed E-state index contributed by atoms with van der Waals surface area (Å²) in [5.74, 6) is 0.222. The molecule has 23 heavy (non-hydrogen) atoms. The summed E-state index contributed by atoms with van der Waals surface area (Å²) < 4.78 is 5.50. The lowest BCUT2D eigenvalue weighted by Crippen LogP contribution is -2.34. The normalized spacial score (nSPS) is 16.1.